The molecule has 0 aliphatic carbocycles. The van der Waals surface area contributed by atoms with Gasteiger partial charge in [-0.2, -0.15) is 0 Å². The summed E-state index contributed by atoms with van der Waals surface area (Å²) in [4.78, 5) is 4.47. The number of hydrogen-bond acceptors (Lipinski definition) is 2. The molecule has 0 saturated carbocycles. The summed E-state index contributed by atoms with van der Waals surface area (Å²) < 4.78 is 0. The molecule has 17 heavy (non-hydrogen) atoms. The zero-order chi connectivity index (χ0) is 13.1. The molecule has 2 heteroatoms. The number of nitrogens with zero attached hydrogens (tertiary/aromatic N) is 1. The molecule has 0 atom stereocenters. The minimum Gasteiger partial charge on any atom is -0.397 e. The van der Waals surface area contributed by atoms with Crippen LogP contribution in [0.1, 0.15) is 53.4 Å². The third kappa shape index (κ3) is 6.10. The van der Waals surface area contributed by atoms with Gasteiger partial charge in [0, 0.05) is 6.20 Å². The maximum absolute atomic E-state index is 6.09. The third-order valence-electron chi connectivity index (χ3n) is 2.32. The molecule has 0 aromatic rings. The molecule has 0 saturated heterocycles. The molecule has 0 aliphatic rings. The molecule has 0 aromatic heterocycles. The van der Waals surface area contributed by atoms with Crippen molar-refractivity contribution in [3.63, 3.8) is 0 Å². The largest absolute Gasteiger partial charge is 0.397 e. The first-order valence-electron chi connectivity index (χ1n) is 6.55. The van der Waals surface area contributed by atoms with E-state index in [9.17, 15) is 0 Å². The van der Waals surface area contributed by atoms with Crippen LogP contribution in [0.3, 0.4) is 0 Å². The molecular formula is C15H26N2. The zero-order valence-corrected chi connectivity index (χ0v) is 11.7. The van der Waals surface area contributed by atoms with Gasteiger partial charge in [-0.05, 0) is 31.8 Å². The van der Waals surface area contributed by atoms with E-state index in [1.165, 1.54) is 5.57 Å². The lowest BCUT2D eigenvalue weighted by Gasteiger charge is -2.10. The fourth-order valence-corrected chi connectivity index (χ4v) is 1.64. The highest BCUT2D eigenvalue weighted by Gasteiger charge is 2.08. The van der Waals surface area contributed by atoms with Crippen molar-refractivity contribution < 1.29 is 0 Å². The van der Waals surface area contributed by atoms with E-state index in [-0.39, 0.29) is 0 Å². The van der Waals surface area contributed by atoms with E-state index in [4.69, 9.17) is 5.73 Å². The first-order chi connectivity index (χ1) is 8.21. The van der Waals surface area contributed by atoms with E-state index >= 15 is 0 Å². The summed E-state index contributed by atoms with van der Waals surface area (Å²) in [5.74, 6) is 0. The second-order valence-electron chi connectivity index (χ2n) is 3.92. The molecule has 0 radical (unpaired) electrons. The fraction of sp³-hybridized carbons (Fsp3) is 0.533. The van der Waals surface area contributed by atoms with Crippen molar-refractivity contribution in [2.45, 2.75) is 53.4 Å². The molecule has 0 heterocycles. The standard InChI is InChI=1S/C15H26N2/c1-5-9-13(10-6-2)15(17-12-8-4)14(16)11-7-3/h8-9,11-12H,5-7,10,16H2,1-4H3/b12-8-,13-9+,14-11-,17-15-. The number of hydrogen-bond donors (Lipinski definition) is 1. The monoisotopic (exact) mass is 234 g/mol. The highest BCUT2D eigenvalue weighted by molar-refractivity contribution is 6.12. The number of rotatable bonds is 7. The van der Waals surface area contributed by atoms with Crippen LogP contribution in [-0.2, 0) is 0 Å². The number of nitrogens with two attached hydrogens (primary N) is 1. The molecule has 0 aliphatic heterocycles. The molecular weight excluding hydrogens is 208 g/mol. The van der Waals surface area contributed by atoms with Crippen molar-refractivity contribution in [1.29, 1.82) is 0 Å². The van der Waals surface area contributed by atoms with Crippen LogP contribution in [0.5, 0.6) is 0 Å². The van der Waals surface area contributed by atoms with E-state index in [2.05, 4.69) is 31.8 Å². The summed E-state index contributed by atoms with van der Waals surface area (Å²) in [6.45, 7) is 8.37. The molecule has 0 fully saturated rings. The lowest BCUT2D eigenvalue weighted by atomic mass is 10.0. The van der Waals surface area contributed by atoms with Crippen LogP contribution in [0.15, 0.2) is 40.7 Å². The maximum Gasteiger partial charge on any atom is 0.0884 e. The van der Waals surface area contributed by atoms with Crippen molar-refractivity contribution in [3.8, 4) is 0 Å². The Balaban J connectivity index is 5.27. The van der Waals surface area contributed by atoms with Crippen molar-refractivity contribution in [3.05, 3.63) is 35.7 Å². The quantitative estimate of drug-likeness (QED) is 0.653. The summed E-state index contributed by atoms with van der Waals surface area (Å²) in [6, 6.07) is 0. The SMILES string of the molecule is C\C=C/N=C(C(\N)=C\CC)/C(=C/CC)CCC. The highest BCUT2D eigenvalue weighted by Crippen LogP contribution is 2.13. The molecule has 2 N–H and O–H groups in total. The smallest absolute Gasteiger partial charge is 0.0884 e. The third-order valence-corrected chi connectivity index (χ3v) is 2.32. The van der Waals surface area contributed by atoms with Gasteiger partial charge >= 0.3 is 0 Å². The average Bonchev–Trinajstić information content (AvgIpc) is 2.30. The predicted molar refractivity (Wildman–Crippen MR) is 78.1 cm³/mol. The maximum atomic E-state index is 6.09. The van der Waals surface area contributed by atoms with Crippen LogP contribution in [0, 0.1) is 0 Å². The highest BCUT2D eigenvalue weighted by atomic mass is 14.8. The lowest BCUT2D eigenvalue weighted by molar-refractivity contribution is 0.925. The molecule has 2 nitrogen and oxygen atoms in total. The van der Waals surface area contributed by atoms with E-state index < -0.39 is 0 Å². The van der Waals surface area contributed by atoms with E-state index in [1.807, 2.05) is 25.3 Å². The topological polar surface area (TPSA) is 38.4 Å². The van der Waals surface area contributed by atoms with E-state index in [0.29, 0.717) is 0 Å². The fourth-order valence-electron chi connectivity index (χ4n) is 1.64. The minimum atomic E-state index is 0.791. The summed E-state index contributed by atoms with van der Waals surface area (Å²) in [7, 11) is 0. The van der Waals surface area contributed by atoms with Gasteiger partial charge in [-0.15, -0.1) is 0 Å². The van der Waals surface area contributed by atoms with Crippen LogP contribution in [0.2, 0.25) is 0 Å². The first kappa shape index (κ1) is 15.7. The normalized spacial score (nSPS) is 14.7. The summed E-state index contributed by atoms with van der Waals surface area (Å²) in [5, 5.41) is 0. The Morgan fingerprint density at radius 2 is 1.76 bits per heavy atom. The van der Waals surface area contributed by atoms with Gasteiger partial charge < -0.3 is 5.73 Å². The lowest BCUT2D eigenvalue weighted by Crippen LogP contribution is -2.14. The van der Waals surface area contributed by atoms with Crippen LogP contribution < -0.4 is 5.73 Å². The summed E-state index contributed by atoms with van der Waals surface area (Å²) in [6.07, 6.45) is 12.1. The van der Waals surface area contributed by atoms with Gasteiger partial charge in [0.15, 0.2) is 0 Å². The Kier molecular flexibility index (Phi) is 9.12. The molecule has 0 bridgehead atoms. The van der Waals surface area contributed by atoms with Gasteiger partial charge in [0.2, 0.25) is 0 Å². The van der Waals surface area contributed by atoms with Gasteiger partial charge in [-0.1, -0.05) is 45.4 Å². The van der Waals surface area contributed by atoms with Gasteiger partial charge in [-0.3, -0.25) is 4.99 Å². The number of aliphatic imine (C=N–C) groups is 1. The minimum absolute atomic E-state index is 0.791. The van der Waals surface area contributed by atoms with Crippen molar-refractivity contribution in [2.24, 2.45) is 10.7 Å². The van der Waals surface area contributed by atoms with Crippen LogP contribution in [0.4, 0.5) is 0 Å². The first-order valence-corrected chi connectivity index (χ1v) is 6.55. The van der Waals surface area contributed by atoms with Crippen molar-refractivity contribution in [2.75, 3.05) is 0 Å². The second kappa shape index (κ2) is 9.88. The molecule has 96 valence electrons. The summed E-state index contributed by atoms with van der Waals surface area (Å²) >= 11 is 0. The molecule has 0 aromatic carbocycles. The van der Waals surface area contributed by atoms with Crippen LogP contribution >= 0.6 is 0 Å². The van der Waals surface area contributed by atoms with Gasteiger partial charge in [0.25, 0.3) is 0 Å². The van der Waals surface area contributed by atoms with Crippen molar-refractivity contribution >= 4 is 5.71 Å². The van der Waals surface area contributed by atoms with Crippen LogP contribution in [0.25, 0.3) is 0 Å². The Morgan fingerprint density at radius 1 is 1.12 bits per heavy atom. The second-order valence-corrected chi connectivity index (χ2v) is 3.92. The van der Waals surface area contributed by atoms with E-state index in [0.717, 1.165) is 37.1 Å². The van der Waals surface area contributed by atoms with Crippen LogP contribution in [-0.4, -0.2) is 5.71 Å². The van der Waals surface area contributed by atoms with Gasteiger partial charge in [0.1, 0.15) is 0 Å². The Hall–Kier alpha value is -1.31. The molecule has 0 rings (SSSR count). The van der Waals surface area contributed by atoms with Gasteiger partial charge in [0.05, 0.1) is 11.4 Å². The molecule has 0 spiro atoms. The Labute approximate surface area is 106 Å². The Morgan fingerprint density at radius 3 is 2.24 bits per heavy atom. The average molecular weight is 234 g/mol. The predicted octanol–water partition coefficient (Wildman–Crippen LogP) is 4.35. The molecule has 0 unspecified atom stereocenters. The molecule has 0 amide bonds. The Bertz CT molecular complexity index is 320. The van der Waals surface area contributed by atoms with Gasteiger partial charge in [-0.25, -0.2) is 0 Å². The van der Waals surface area contributed by atoms with E-state index in [1.54, 1.807) is 0 Å². The van der Waals surface area contributed by atoms with Crippen molar-refractivity contribution in [1.82, 2.24) is 0 Å². The summed E-state index contributed by atoms with van der Waals surface area (Å²) in [5.41, 5.74) is 9.07. The number of allylic oxidation sites excluding steroid dienone is 4. The zero-order valence-electron chi connectivity index (χ0n) is 11.7.